The van der Waals surface area contributed by atoms with E-state index in [-0.39, 0.29) is 0 Å². The highest BCUT2D eigenvalue weighted by Crippen LogP contribution is 2.22. The Morgan fingerprint density at radius 3 is 2.58 bits per heavy atom. The van der Waals surface area contributed by atoms with Gasteiger partial charge in [-0.15, -0.1) is 0 Å². The van der Waals surface area contributed by atoms with E-state index in [1.165, 1.54) is 11.1 Å². The Morgan fingerprint density at radius 1 is 1.08 bits per heavy atom. The molecule has 0 saturated carbocycles. The van der Waals surface area contributed by atoms with Gasteiger partial charge >= 0.3 is 0 Å². The second-order valence-electron chi connectivity index (χ2n) is 6.55. The number of pyridine rings is 1. The van der Waals surface area contributed by atoms with Crippen molar-refractivity contribution < 1.29 is 0 Å². The standard InChI is InChI=1S/C24H24N2/c1-5-18(3)26-16-23-13-22(21-10-7-11-25-15-21)14-24(19(23)4)20-9-6-8-17(2)12-20/h6-16H,4-5H2,1-3H3/b23-16-,26-18?. The van der Waals surface area contributed by atoms with Gasteiger partial charge in [-0.3, -0.25) is 9.98 Å². The van der Waals surface area contributed by atoms with Gasteiger partial charge in [-0.2, -0.15) is 0 Å². The number of benzene rings is 2. The van der Waals surface area contributed by atoms with E-state index in [4.69, 9.17) is 0 Å². The summed E-state index contributed by atoms with van der Waals surface area (Å²) in [5.74, 6) is 0. The highest BCUT2D eigenvalue weighted by molar-refractivity contribution is 5.83. The minimum atomic E-state index is 0.940. The van der Waals surface area contributed by atoms with Crippen molar-refractivity contribution in [2.45, 2.75) is 27.2 Å². The molecule has 0 radical (unpaired) electrons. The molecule has 2 aromatic carbocycles. The van der Waals surface area contributed by atoms with E-state index in [0.717, 1.165) is 39.3 Å². The lowest BCUT2D eigenvalue weighted by molar-refractivity contribution is 1.26. The minimum Gasteiger partial charge on any atom is -0.265 e. The molecule has 0 aliphatic heterocycles. The van der Waals surface area contributed by atoms with Gasteiger partial charge in [0.1, 0.15) is 0 Å². The zero-order valence-corrected chi connectivity index (χ0v) is 15.7. The van der Waals surface area contributed by atoms with Gasteiger partial charge in [0.2, 0.25) is 0 Å². The number of nitrogens with zero attached hydrogens (tertiary/aromatic N) is 2. The fourth-order valence-corrected chi connectivity index (χ4v) is 2.85. The molecule has 0 N–H and O–H groups in total. The Bertz CT molecular complexity index is 1050. The van der Waals surface area contributed by atoms with Gasteiger partial charge in [-0.1, -0.05) is 49.4 Å². The number of rotatable bonds is 4. The maximum absolute atomic E-state index is 4.60. The molecule has 1 aromatic heterocycles. The normalized spacial score (nSPS) is 12.4. The van der Waals surface area contributed by atoms with E-state index in [1.54, 1.807) is 6.20 Å². The SMILES string of the molecule is C=c1c(-c2cccc(C)c2)cc(-c2cccnc2)c/c1=C/N=C(C)CC. The fraction of sp³-hybridized carbons (Fsp3) is 0.167. The molecule has 0 aliphatic carbocycles. The lowest BCUT2D eigenvalue weighted by Crippen LogP contribution is -2.25. The van der Waals surface area contributed by atoms with Crippen LogP contribution in [0, 0.1) is 6.92 Å². The zero-order chi connectivity index (χ0) is 18.5. The molecule has 0 spiro atoms. The van der Waals surface area contributed by atoms with Crippen molar-refractivity contribution in [3.63, 3.8) is 0 Å². The summed E-state index contributed by atoms with van der Waals surface area (Å²) in [5, 5.41) is 2.03. The molecule has 2 nitrogen and oxygen atoms in total. The number of aryl methyl sites for hydroxylation is 1. The number of hydrogen-bond donors (Lipinski definition) is 0. The van der Waals surface area contributed by atoms with Crippen molar-refractivity contribution in [2.75, 3.05) is 0 Å². The molecule has 2 heteroatoms. The molecule has 0 atom stereocenters. The van der Waals surface area contributed by atoms with Gasteiger partial charge in [0.25, 0.3) is 0 Å². The highest BCUT2D eigenvalue weighted by Gasteiger charge is 2.05. The summed E-state index contributed by atoms with van der Waals surface area (Å²) in [6, 6.07) is 16.9. The summed E-state index contributed by atoms with van der Waals surface area (Å²) >= 11 is 0. The number of hydrogen-bond acceptors (Lipinski definition) is 2. The molecule has 0 fully saturated rings. The molecule has 0 bridgehead atoms. The van der Waals surface area contributed by atoms with Crippen LogP contribution in [0.25, 0.3) is 35.0 Å². The van der Waals surface area contributed by atoms with Crippen LogP contribution in [0.2, 0.25) is 0 Å². The van der Waals surface area contributed by atoms with Crippen LogP contribution in [0.4, 0.5) is 0 Å². The zero-order valence-electron chi connectivity index (χ0n) is 15.7. The van der Waals surface area contributed by atoms with Gasteiger partial charge in [-0.05, 0) is 60.4 Å². The molecule has 1 heterocycles. The minimum absolute atomic E-state index is 0.940. The van der Waals surface area contributed by atoms with Gasteiger partial charge in [0.15, 0.2) is 0 Å². The second kappa shape index (κ2) is 7.92. The summed E-state index contributed by atoms with van der Waals surface area (Å²) in [5.41, 5.74) is 6.86. The van der Waals surface area contributed by atoms with Crippen LogP contribution in [0.3, 0.4) is 0 Å². The molecule has 130 valence electrons. The predicted molar refractivity (Wildman–Crippen MR) is 112 cm³/mol. The Hall–Kier alpha value is -3.00. The van der Waals surface area contributed by atoms with Gasteiger partial charge < -0.3 is 0 Å². The van der Waals surface area contributed by atoms with Gasteiger partial charge in [0.05, 0.1) is 0 Å². The van der Waals surface area contributed by atoms with E-state index in [9.17, 15) is 0 Å². The van der Waals surface area contributed by atoms with Crippen molar-refractivity contribution in [1.82, 2.24) is 4.98 Å². The molecule has 0 saturated heterocycles. The maximum atomic E-state index is 4.60. The third kappa shape index (κ3) is 3.97. The quantitative estimate of drug-likeness (QED) is 0.630. The van der Waals surface area contributed by atoms with Crippen LogP contribution in [0.5, 0.6) is 0 Å². The van der Waals surface area contributed by atoms with Crippen LogP contribution < -0.4 is 10.4 Å². The molecular weight excluding hydrogens is 316 g/mol. The third-order valence-corrected chi connectivity index (χ3v) is 4.54. The van der Waals surface area contributed by atoms with Crippen molar-refractivity contribution in [3.05, 3.63) is 76.9 Å². The average molecular weight is 340 g/mol. The first-order valence-electron chi connectivity index (χ1n) is 8.92. The second-order valence-corrected chi connectivity index (χ2v) is 6.55. The molecule has 3 aromatic rings. The van der Waals surface area contributed by atoms with E-state index < -0.39 is 0 Å². The Kier molecular flexibility index (Phi) is 5.43. The summed E-state index contributed by atoms with van der Waals surface area (Å²) < 4.78 is 0. The first-order chi connectivity index (χ1) is 12.6. The van der Waals surface area contributed by atoms with Gasteiger partial charge in [0, 0.05) is 35.1 Å². The first-order valence-corrected chi connectivity index (χ1v) is 8.92. The Morgan fingerprint density at radius 2 is 1.88 bits per heavy atom. The van der Waals surface area contributed by atoms with Crippen molar-refractivity contribution >= 4 is 18.5 Å². The Balaban J connectivity index is 2.28. The lowest BCUT2D eigenvalue weighted by Gasteiger charge is -2.09. The molecule has 0 unspecified atom stereocenters. The van der Waals surface area contributed by atoms with Crippen molar-refractivity contribution in [1.29, 1.82) is 0 Å². The van der Waals surface area contributed by atoms with E-state index in [2.05, 4.69) is 72.9 Å². The number of aliphatic imine (C=N–C) groups is 1. The highest BCUT2D eigenvalue weighted by atomic mass is 14.7. The smallest absolute Gasteiger partial charge is 0.0346 e. The summed E-state index contributed by atoms with van der Waals surface area (Å²) in [7, 11) is 0. The monoisotopic (exact) mass is 340 g/mol. The van der Waals surface area contributed by atoms with Crippen LogP contribution in [-0.4, -0.2) is 10.7 Å². The third-order valence-electron chi connectivity index (χ3n) is 4.54. The van der Waals surface area contributed by atoms with E-state index >= 15 is 0 Å². The van der Waals surface area contributed by atoms with Crippen LogP contribution in [0.1, 0.15) is 25.8 Å². The van der Waals surface area contributed by atoms with Gasteiger partial charge in [-0.25, -0.2) is 0 Å². The van der Waals surface area contributed by atoms with Crippen molar-refractivity contribution in [3.8, 4) is 22.3 Å². The predicted octanol–water partition coefficient (Wildman–Crippen LogP) is 4.74. The summed E-state index contributed by atoms with van der Waals surface area (Å²) in [6.45, 7) is 10.6. The van der Waals surface area contributed by atoms with E-state index in [1.807, 2.05) is 25.4 Å². The first kappa shape index (κ1) is 17.8. The lowest BCUT2D eigenvalue weighted by atomic mass is 9.96. The van der Waals surface area contributed by atoms with E-state index in [0.29, 0.717) is 0 Å². The summed E-state index contributed by atoms with van der Waals surface area (Å²) in [4.78, 5) is 8.86. The Labute approximate surface area is 155 Å². The molecule has 26 heavy (non-hydrogen) atoms. The average Bonchev–Trinajstić information content (AvgIpc) is 2.67. The molecule has 0 amide bonds. The molecule has 0 aliphatic rings. The van der Waals surface area contributed by atoms with Crippen LogP contribution in [-0.2, 0) is 0 Å². The topological polar surface area (TPSA) is 25.2 Å². The van der Waals surface area contributed by atoms with Crippen LogP contribution >= 0.6 is 0 Å². The van der Waals surface area contributed by atoms with Crippen molar-refractivity contribution in [2.24, 2.45) is 4.99 Å². The largest absolute Gasteiger partial charge is 0.265 e. The fourth-order valence-electron chi connectivity index (χ4n) is 2.85. The van der Waals surface area contributed by atoms with Crippen LogP contribution in [0.15, 0.2) is 65.9 Å². The molecular formula is C24H24N2. The molecule has 3 rings (SSSR count). The maximum Gasteiger partial charge on any atom is 0.0346 e. The number of aromatic nitrogens is 1. The summed E-state index contributed by atoms with van der Waals surface area (Å²) in [6.07, 6.45) is 6.56.